The molecule has 0 N–H and O–H groups in total. The van der Waals surface area contributed by atoms with Crippen molar-refractivity contribution in [3.8, 4) is 5.75 Å². The average molecular weight is 194 g/mol. The van der Waals surface area contributed by atoms with Crippen LogP contribution in [0.25, 0.3) is 0 Å². The highest BCUT2D eigenvalue weighted by Crippen LogP contribution is 2.19. The van der Waals surface area contributed by atoms with Crippen LogP contribution in [-0.4, -0.2) is 5.60 Å². The molecule has 1 rings (SSSR count). The molecule has 0 aliphatic carbocycles. The molecule has 0 amide bonds. The summed E-state index contributed by atoms with van der Waals surface area (Å²) < 4.78 is 18.2. The van der Waals surface area contributed by atoms with Crippen LogP contribution >= 0.6 is 0 Å². The zero-order valence-corrected chi connectivity index (χ0v) is 8.75. The summed E-state index contributed by atoms with van der Waals surface area (Å²) in [6.07, 6.45) is 3.89. The predicted octanol–water partition coefficient (Wildman–Crippen LogP) is 3.56. The van der Waals surface area contributed by atoms with Crippen molar-refractivity contribution in [3.05, 3.63) is 42.2 Å². The highest BCUT2D eigenvalue weighted by Gasteiger charge is 2.14. The molecule has 0 spiro atoms. The number of ether oxygens (including phenoxy) is 1. The number of halogens is 1. The maximum absolute atomic E-state index is 12.6. The SMILES string of the molecule is CC=CC(C)(C)Oc1ccc(F)cc1. The summed E-state index contributed by atoms with van der Waals surface area (Å²) in [6, 6.07) is 6.03. The molecule has 14 heavy (non-hydrogen) atoms. The molecule has 0 aromatic heterocycles. The van der Waals surface area contributed by atoms with Gasteiger partial charge in [0.2, 0.25) is 0 Å². The molecule has 76 valence electrons. The summed E-state index contributed by atoms with van der Waals surface area (Å²) in [7, 11) is 0. The Bertz CT molecular complexity index is 312. The highest BCUT2D eigenvalue weighted by atomic mass is 19.1. The van der Waals surface area contributed by atoms with Gasteiger partial charge in [0.25, 0.3) is 0 Å². The Morgan fingerprint density at radius 1 is 1.21 bits per heavy atom. The van der Waals surface area contributed by atoms with Gasteiger partial charge in [-0.25, -0.2) is 4.39 Å². The van der Waals surface area contributed by atoms with Gasteiger partial charge in [0.1, 0.15) is 17.2 Å². The van der Waals surface area contributed by atoms with Crippen LogP contribution in [0.1, 0.15) is 20.8 Å². The minimum Gasteiger partial charge on any atom is -0.484 e. The van der Waals surface area contributed by atoms with E-state index in [0.29, 0.717) is 5.75 Å². The molecule has 0 atom stereocenters. The lowest BCUT2D eigenvalue weighted by molar-refractivity contribution is 0.161. The molecule has 0 saturated carbocycles. The minimum absolute atomic E-state index is 0.249. The molecule has 2 heteroatoms. The van der Waals surface area contributed by atoms with Gasteiger partial charge in [0.15, 0.2) is 0 Å². The van der Waals surface area contributed by atoms with Crippen LogP contribution in [0.15, 0.2) is 36.4 Å². The second kappa shape index (κ2) is 4.27. The summed E-state index contributed by atoms with van der Waals surface area (Å²) in [5.41, 5.74) is -0.355. The predicted molar refractivity (Wildman–Crippen MR) is 55.9 cm³/mol. The van der Waals surface area contributed by atoms with Crippen LogP contribution in [0, 0.1) is 5.82 Å². The molecular weight excluding hydrogens is 179 g/mol. The monoisotopic (exact) mass is 194 g/mol. The van der Waals surface area contributed by atoms with Gasteiger partial charge in [-0.05, 0) is 51.1 Å². The zero-order valence-electron chi connectivity index (χ0n) is 8.75. The molecule has 0 radical (unpaired) electrons. The summed E-state index contributed by atoms with van der Waals surface area (Å²) in [4.78, 5) is 0. The highest BCUT2D eigenvalue weighted by molar-refractivity contribution is 5.23. The standard InChI is InChI=1S/C12H15FO/c1-4-9-12(2,3)14-11-7-5-10(13)6-8-11/h4-9H,1-3H3. The molecule has 0 heterocycles. The molecule has 0 unspecified atom stereocenters. The van der Waals surface area contributed by atoms with Crippen molar-refractivity contribution in [1.29, 1.82) is 0 Å². The number of rotatable bonds is 3. The van der Waals surface area contributed by atoms with E-state index in [9.17, 15) is 4.39 Å². The van der Waals surface area contributed by atoms with Crippen molar-refractivity contribution >= 4 is 0 Å². The lowest BCUT2D eigenvalue weighted by Crippen LogP contribution is -2.24. The molecule has 0 saturated heterocycles. The Labute approximate surface area is 84.2 Å². The lowest BCUT2D eigenvalue weighted by atomic mass is 10.1. The number of hydrogen-bond donors (Lipinski definition) is 0. The first kappa shape index (κ1) is 10.8. The van der Waals surface area contributed by atoms with E-state index < -0.39 is 0 Å². The zero-order chi connectivity index (χ0) is 10.6. The van der Waals surface area contributed by atoms with E-state index in [1.54, 1.807) is 12.1 Å². The summed E-state index contributed by atoms with van der Waals surface area (Å²) in [5, 5.41) is 0. The third-order valence-electron chi connectivity index (χ3n) is 1.76. The topological polar surface area (TPSA) is 9.23 Å². The van der Waals surface area contributed by atoms with Crippen LogP contribution in [0.4, 0.5) is 4.39 Å². The minimum atomic E-state index is -0.355. The van der Waals surface area contributed by atoms with Gasteiger partial charge in [0, 0.05) is 0 Å². The number of hydrogen-bond acceptors (Lipinski definition) is 1. The van der Waals surface area contributed by atoms with Crippen molar-refractivity contribution in [2.45, 2.75) is 26.4 Å². The fraction of sp³-hybridized carbons (Fsp3) is 0.333. The summed E-state index contributed by atoms with van der Waals surface area (Å²) >= 11 is 0. The van der Waals surface area contributed by atoms with Crippen LogP contribution in [0.2, 0.25) is 0 Å². The average Bonchev–Trinajstić information content (AvgIpc) is 2.08. The quantitative estimate of drug-likeness (QED) is 0.668. The number of benzene rings is 1. The largest absolute Gasteiger partial charge is 0.484 e. The van der Waals surface area contributed by atoms with Crippen molar-refractivity contribution < 1.29 is 9.13 Å². The maximum atomic E-state index is 12.6. The Morgan fingerprint density at radius 3 is 2.29 bits per heavy atom. The van der Waals surface area contributed by atoms with Crippen molar-refractivity contribution in [3.63, 3.8) is 0 Å². The maximum Gasteiger partial charge on any atom is 0.123 e. The molecule has 1 aromatic rings. The van der Waals surface area contributed by atoms with Crippen molar-refractivity contribution in [2.75, 3.05) is 0 Å². The number of allylic oxidation sites excluding steroid dienone is 1. The van der Waals surface area contributed by atoms with Crippen LogP contribution in [-0.2, 0) is 0 Å². The van der Waals surface area contributed by atoms with E-state index in [0.717, 1.165) is 0 Å². The smallest absolute Gasteiger partial charge is 0.123 e. The summed E-state index contributed by atoms with van der Waals surface area (Å²) in [6.45, 7) is 5.85. The molecule has 0 aliphatic heterocycles. The molecular formula is C12H15FO. The van der Waals surface area contributed by atoms with E-state index in [1.165, 1.54) is 12.1 Å². The van der Waals surface area contributed by atoms with Gasteiger partial charge >= 0.3 is 0 Å². The van der Waals surface area contributed by atoms with Crippen LogP contribution < -0.4 is 4.74 Å². The van der Waals surface area contributed by atoms with Gasteiger partial charge in [-0.15, -0.1) is 0 Å². The van der Waals surface area contributed by atoms with Crippen LogP contribution in [0.5, 0.6) is 5.75 Å². The lowest BCUT2D eigenvalue weighted by Gasteiger charge is -2.22. The normalized spacial score (nSPS) is 12.0. The molecule has 0 fully saturated rings. The van der Waals surface area contributed by atoms with E-state index in [2.05, 4.69) is 0 Å². The van der Waals surface area contributed by atoms with Gasteiger partial charge in [-0.3, -0.25) is 0 Å². The van der Waals surface area contributed by atoms with E-state index in [1.807, 2.05) is 32.9 Å². The first-order valence-corrected chi connectivity index (χ1v) is 4.62. The van der Waals surface area contributed by atoms with Crippen LogP contribution in [0.3, 0.4) is 0 Å². The van der Waals surface area contributed by atoms with Gasteiger partial charge in [0.05, 0.1) is 0 Å². The fourth-order valence-electron chi connectivity index (χ4n) is 1.24. The summed E-state index contributed by atoms with van der Waals surface area (Å²) in [5.74, 6) is 0.427. The second-order valence-electron chi connectivity index (χ2n) is 3.66. The van der Waals surface area contributed by atoms with E-state index >= 15 is 0 Å². The van der Waals surface area contributed by atoms with Crippen molar-refractivity contribution in [2.24, 2.45) is 0 Å². The first-order chi connectivity index (χ1) is 6.53. The van der Waals surface area contributed by atoms with E-state index in [4.69, 9.17) is 4.74 Å². The van der Waals surface area contributed by atoms with Crippen molar-refractivity contribution in [1.82, 2.24) is 0 Å². The Kier molecular flexibility index (Phi) is 3.28. The first-order valence-electron chi connectivity index (χ1n) is 4.62. The fourth-order valence-corrected chi connectivity index (χ4v) is 1.24. The third-order valence-corrected chi connectivity index (χ3v) is 1.76. The third kappa shape index (κ3) is 3.21. The molecule has 1 aromatic carbocycles. The molecule has 0 aliphatic rings. The Hall–Kier alpha value is -1.31. The van der Waals surface area contributed by atoms with Gasteiger partial charge in [-0.2, -0.15) is 0 Å². The Morgan fingerprint density at radius 2 is 1.79 bits per heavy atom. The molecule has 0 bridgehead atoms. The molecule has 1 nitrogen and oxygen atoms in total. The second-order valence-corrected chi connectivity index (χ2v) is 3.66. The van der Waals surface area contributed by atoms with Gasteiger partial charge < -0.3 is 4.74 Å². The van der Waals surface area contributed by atoms with E-state index in [-0.39, 0.29) is 11.4 Å². The Balaban J connectivity index is 2.73. The van der Waals surface area contributed by atoms with Gasteiger partial charge in [-0.1, -0.05) is 6.08 Å².